The van der Waals surface area contributed by atoms with Crippen LogP contribution in [0.15, 0.2) is 24.3 Å². The number of morpholine rings is 1. The molecular formula is C20H33Cl2N3O3. The minimum absolute atomic E-state index is 0. The molecule has 1 saturated carbocycles. The molecule has 160 valence electrons. The number of anilines is 1. The van der Waals surface area contributed by atoms with Crippen LogP contribution < -0.4 is 11.1 Å². The molecule has 1 aromatic rings. The lowest BCUT2D eigenvalue weighted by molar-refractivity contribution is -0.166. The third-order valence-corrected chi connectivity index (χ3v) is 5.96. The number of ether oxygens (including phenoxy) is 2. The summed E-state index contributed by atoms with van der Waals surface area (Å²) in [6.45, 7) is 11.0. The Morgan fingerprint density at radius 2 is 1.86 bits per heavy atom. The summed E-state index contributed by atoms with van der Waals surface area (Å²) in [7, 11) is 0. The summed E-state index contributed by atoms with van der Waals surface area (Å²) in [6.07, 6.45) is 0.577. The van der Waals surface area contributed by atoms with Gasteiger partial charge in [-0.05, 0) is 24.6 Å². The molecule has 28 heavy (non-hydrogen) atoms. The van der Waals surface area contributed by atoms with E-state index in [2.05, 4.69) is 22.3 Å². The van der Waals surface area contributed by atoms with Crippen molar-refractivity contribution in [3.63, 3.8) is 0 Å². The highest BCUT2D eigenvalue weighted by Crippen LogP contribution is 2.50. The maximum absolute atomic E-state index is 12.8. The van der Waals surface area contributed by atoms with Crippen molar-refractivity contribution in [1.82, 2.24) is 4.90 Å². The minimum Gasteiger partial charge on any atom is -0.379 e. The van der Waals surface area contributed by atoms with Crippen LogP contribution in [0.3, 0.4) is 0 Å². The molecule has 2 unspecified atom stereocenters. The van der Waals surface area contributed by atoms with Gasteiger partial charge in [0, 0.05) is 43.8 Å². The lowest BCUT2D eigenvalue weighted by Gasteiger charge is -2.57. The number of hydrogen-bond acceptors (Lipinski definition) is 5. The van der Waals surface area contributed by atoms with E-state index in [9.17, 15) is 4.79 Å². The van der Waals surface area contributed by atoms with E-state index in [1.54, 1.807) is 0 Å². The third-order valence-electron chi connectivity index (χ3n) is 5.96. The number of benzene rings is 1. The Kier molecular flexibility index (Phi) is 9.19. The summed E-state index contributed by atoms with van der Waals surface area (Å²) in [5.74, 6) is -0.139. The highest BCUT2D eigenvalue weighted by Gasteiger charge is 2.62. The molecule has 1 saturated heterocycles. The van der Waals surface area contributed by atoms with E-state index < -0.39 is 5.54 Å². The van der Waals surface area contributed by atoms with Crippen LogP contribution in [0.25, 0.3) is 0 Å². The zero-order valence-electron chi connectivity index (χ0n) is 16.9. The Balaban J connectivity index is 0.00000196. The van der Waals surface area contributed by atoms with Gasteiger partial charge in [-0.3, -0.25) is 9.69 Å². The van der Waals surface area contributed by atoms with Gasteiger partial charge in [0.05, 0.1) is 19.3 Å². The molecule has 1 heterocycles. The molecule has 3 N–H and O–H groups in total. The normalized spacial score (nSPS) is 26.4. The Morgan fingerprint density at radius 3 is 2.39 bits per heavy atom. The van der Waals surface area contributed by atoms with E-state index in [1.807, 2.05) is 32.9 Å². The first-order valence-corrected chi connectivity index (χ1v) is 9.48. The second-order valence-electron chi connectivity index (χ2n) is 7.88. The van der Waals surface area contributed by atoms with Gasteiger partial charge in [-0.15, -0.1) is 24.8 Å². The van der Waals surface area contributed by atoms with Crippen molar-refractivity contribution in [2.45, 2.75) is 45.4 Å². The first-order chi connectivity index (χ1) is 12.4. The monoisotopic (exact) mass is 433 g/mol. The molecule has 2 fully saturated rings. The Bertz CT molecular complexity index is 636. The fraction of sp³-hybridized carbons (Fsp3) is 0.650. The summed E-state index contributed by atoms with van der Waals surface area (Å²) in [5.41, 5.74) is 7.15. The predicted octanol–water partition coefficient (Wildman–Crippen LogP) is 2.83. The summed E-state index contributed by atoms with van der Waals surface area (Å²) >= 11 is 0. The zero-order valence-corrected chi connectivity index (χ0v) is 18.5. The lowest BCUT2D eigenvalue weighted by Crippen LogP contribution is -2.74. The van der Waals surface area contributed by atoms with Crippen LogP contribution in [0.4, 0.5) is 5.69 Å². The lowest BCUT2D eigenvalue weighted by atomic mass is 9.54. The molecule has 2 atom stereocenters. The summed E-state index contributed by atoms with van der Waals surface area (Å²) in [5, 5.41) is 2.98. The number of carbonyl (C=O) groups excluding carboxylic acids is 1. The van der Waals surface area contributed by atoms with Crippen LogP contribution in [0.2, 0.25) is 0 Å². The highest BCUT2D eigenvalue weighted by molar-refractivity contribution is 5.99. The van der Waals surface area contributed by atoms with E-state index in [1.165, 1.54) is 5.56 Å². The van der Waals surface area contributed by atoms with Gasteiger partial charge in [-0.25, -0.2) is 0 Å². The van der Waals surface area contributed by atoms with Gasteiger partial charge < -0.3 is 20.5 Å². The van der Waals surface area contributed by atoms with Gasteiger partial charge >= 0.3 is 0 Å². The van der Waals surface area contributed by atoms with Gasteiger partial charge in [-0.1, -0.05) is 26.0 Å². The molecule has 0 bridgehead atoms. The average Bonchev–Trinajstić information content (AvgIpc) is 2.64. The van der Waals surface area contributed by atoms with Crippen molar-refractivity contribution < 1.29 is 14.3 Å². The first kappa shape index (κ1) is 25.1. The number of carbonyl (C=O) groups is 1. The number of nitrogens with zero attached hydrogens (tertiary/aromatic N) is 1. The zero-order chi connectivity index (χ0) is 18.8. The van der Waals surface area contributed by atoms with E-state index in [-0.39, 0.29) is 42.2 Å². The van der Waals surface area contributed by atoms with Gasteiger partial charge in [-0.2, -0.15) is 0 Å². The number of amides is 1. The third kappa shape index (κ3) is 4.99. The molecule has 1 aliphatic heterocycles. The van der Waals surface area contributed by atoms with Crippen molar-refractivity contribution in [2.75, 3.05) is 38.2 Å². The van der Waals surface area contributed by atoms with Gasteiger partial charge in [0.2, 0.25) is 5.91 Å². The summed E-state index contributed by atoms with van der Waals surface area (Å²) < 4.78 is 11.1. The van der Waals surface area contributed by atoms with Gasteiger partial charge in [0.1, 0.15) is 5.54 Å². The molecule has 3 rings (SSSR count). The van der Waals surface area contributed by atoms with Crippen molar-refractivity contribution in [3.05, 3.63) is 29.8 Å². The Hall–Kier alpha value is -0.890. The van der Waals surface area contributed by atoms with Crippen LogP contribution in [0.1, 0.15) is 32.8 Å². The maximum atomic E-state index is 12.8. The van der Waals surface area contributed by atoms with Crippen LogP contribution in [-0.2, 0) is 20.8 Å². The highest BCUT2D eigenvalue weighted by atomic mass is 35.5. The van der Waals surface area contributed by atoms with Crippen molar-refractivity contribution in [3.8, 4) is 0 Å². The number of halogens is 2. The van der Waals surface area contributed by atoms with E-state index in [4.69, 9.17) is 15.2 Å². The molecule has 1 aromatic carbocycles. The fourth-order valence-corrected chi connectivity index (χ4v) is 3.77. The number of nitrogens with two attached hydrogens (primary N) is 1. The van der Waals surface area contributed by atoms with Crippen molar-refractivity contribution >= 4 is 36.4 Å². The molecule has 2 aliphatic rings. The molecule has 1 aliphatic carbocycles. The van der Waals surface area contributed by atoms with Crippen molar-refractivity contribution in [2.24, 2.45) is 11.1 Å². The first-order valence-electron chi connectivity index (χ1n) is 9.48. The predicted molar refractivity (Wildman–Crippen MR) is 116 cm³/mol. The molecule has 1 amide bonds. The molecule has 6 nitrogen and oxygen atoms in total. The van der Waals surface area contributed by atoms with E-state index in [0.717, 1.165) is 38.5 Å². The smallest absolute Gasteiger partial charge is 0.245 e. The number of nitrogens with one attached hydrogen (secondary N) is 1. The quantitative estimate of drug-likeness (QED) is 0.720. The Labute approximate surface area is 180 Å². The maximum Gasteiger partial charge on any atom is 0.245 e. The summed E-state index contributed by atoms with van der Waals surface area (Å²) in [4.78, 5) is 15.1. The van der Waals surface area contributed by atoms with Crippen LogP contribution in [-0.4, -0.2) is 55.4 Å². The molecule has 0 radical (unpaired) electrons. The Morgan fingerprint density at radius 1 is 1.25 bits per heavy atom. The largest absolute Gasteiger partial charge is 0.379 e. The fourth-order valence-electron chi connectivity index (χ4n) is 3.77. The summed E-state index contributed by atoms with van der Waals surface area (Å²) in [6, 6.07) is 8.01. The standard InChI is InChI=1S/C20H31N3O3.2ClH/c1-4-26-17-13-20(21,19(17,2)3)18(24)22-16-7-5-15(6-8-16)14-23-9-11-25-12-10-23;;/h5-8,17H,4,9-14,21H2,1-3H3,(H,22,24);2*1H. The topological polar surface area (TPSA) is 76.8 Å². The molecule has 0 spiro atoms. The number of hydrogen-bond donors (Lipinski definition) is 2. The average molecular weight is 434 g/mol. The van der Waals surface area contributed by atoms with Crippen LogP contribution in [0, 0.1) is 5.41 Å². The minimum atomic E-state index is -0.903. The van der Waals surface area contributed by atoms with Crippen molar-refractivity contribution in [1.29, 1.82) is 0 Å². The van der Waals surface area contributed by atoms with Gasteiger partial charge in [0.15, 0.2) is 0 Å². The molecule has 8 heteroatoms. The number of rotatable bonds is 6. The molecule has 0 aromatic heterocycles. The second kappa shape index (κ2) is 10.2. The van der Waals surface area contributed by atoms with E-state index >= 15 is 0 Å². The van der Waals surface area contributed by atoms with Crippen LogP contribution in [0.5, 0.6) is 0 Å². The molecular weight excluding hydrogens is 401 g/mol. The SMILES string of the molecule is CCOC1CC(N)(C(=O)Nc2ccc(CN3CCOCC3)cc2)C1(C)C.Cl.Cl. The van der Waals surface area contributed by atoms with Crippen LogP contribution >= 0.6 is 24.8 Å². The second-order valence-corrected chi connectivity index (χ2v) is 7.88. The van der Waals surface area contributed by atoms with E-state index in [0.29, 0.717) is 13.0 Å². The van der Waals surface area contributed by atoms with Gasteiger partial charge in [0.25, 0.3) is 0 Å².